The fraction of sp³-hybridized carbons (Fsp3) is 0.300. The Labute approximate surface area is 152 Å². The number of benzene rings is 1. The smallest absolute Gasteiger partial charge is 0.259 e. The highest BCUT2D eigenvalue weighted by Crippen LogP contribution is 2.33. The van der Waals surface area contributed by atoms with Gasteiger partial charge in [0.05, 0.1) is 5.54 Å². The Hall–Kier alpha value is -2.86. The predicted molar refractivity (Wildman–Crippen MR) is 105 cm³/mol. The number of nitrogens with zero attached hydrogens (tertiary/aromatic N) is 4. The molecule has 1 fully saturated rings. The highest BCUT2D eigenvalue weighted by molar-refractivity contribution is 5.52. The van der Waals surface area contributed by atoms with Gasteiger partial charge in [-0.1, -0.05) is 18.2 Å². The zero-order valence-electron chi connectivity index (χ0n) is 15.1. The molecule has 1 unspecified atom stereocenters. The van der Waals surface area contributed by atoms with Crippen LogP contribution in [0.2, 0.25) is 0 Å². The molecule has 3 aromatic rings. The van der Waals surface area contributed by atoms with Crippen molar-refractivity contribution in [1.29, 1.82) is 0 Å². The number of pyridine rings is 1. The van der Waals surface area contributed by atoms with E-state index in [2.05, 4.69) is 33.0 Å². The van der Waals surface area contributed by atoms with Crippen molar-refractivity contribution in [2.45, 2.75) is 12.0 Å². The third kappa shape index (κ3) is 2.82. The van der Waals surface area contributed by atoms with Gasteiger partial charge in [-0.15, -0.1) is 0 Å². The second-order valence-electron chi connectivity index (χ2n) is 7.15. The third-order valence-electron chi connectivity index (χ3n) is 5.12. The summed E-state index contributed by atoms with van der Waals surface area (Å²) in [6, 6.07) is 15.5. The lowest BCUT2D eigenvalue weighted by atomic mass is 9.90. The summed E-state index contributed by atoms with van der Waals surface area (Å²) in [6.07, 6.45) is 2.55. The summed E-state index contributed by atoms with van der Waals surface area (Å²) in [4.78, 5) is 21.2. The van der Waals surface area contributed by atoms with Crippen LogP contribution in [0.3, 0.4) is 0 Å². The van der Waals surface area contributed by atoms with Gasteiger partial charge in [-0.25, -0.2) is 4.98 Å². The Morgan fingerprint density at radius 1 is 1.15 bits per heavy atom. The summed E-state index contributed by atoms with van der Waals surface area (Å²) in [5.41, 5.74) is 9.13. The van der Waals surface area contributed by atoms with Gasteiger partial charge in [0.1, 0.15) is 11.5 Å². The summed E-state index contributed by atoms with van der Waals surface area (Å²) in [6.45, 7) is 1.41. The van der Waals surface area contributed by atoms with Crippen LogP contribution in [0.4, 0.5) is 11.5 Å². The molecule has 4 rings (SSSR count). The van der Waals surface area contributed by atoms with Crippen molar-refractivity contribution in [3.05, 3.63) is 70.6 Å². The zero-order chi connectivity index (χ0) is 18.3. The van der Waals surface area contributed by atoms with Crippen LogP contribution >= 0.6 is 0 Å². The van der Waals surface area contributed by atoms with E-state index in [1.807, 2.05) is 38.4 Å². The molecule has 6 heteroatoms. The topological polar surface area (TPSA) is 66.9 Å². The Morgan fingerprint density at radius 3 is 2.81 bits per heavy atom. The Bertz CT molecular complexity index is 1010. The largest absolute Gasteiger partial charge is 0.378 e. The van der Waals surface area contributed by atoms with Gasteiger partial charge in [-0.05, 0) is 36.2 Å². The van der Waals surface area contributed by atoms with E-state index >= 15 is 0 Å². The van der Waals surface area contributed by atoms with Gasteiger partial charge < -0.3 is 15.5 Å². The SMILES string of the molecule is CN(C)c1cccc(C2(N)CCN(c3cc(=O)n4ccccc4n3)C2)c1. The van der Waals surface area contributed by atoms with Crippen molar-refractivity contribution < 1.29 is 0 Å². The van der Waals surface area contributed by atoms with E-state index in [4.69, 9.17) is 5.73 Å². The van der Waals surface area contributed by atoms with Gasteiger partial charge in [-0.2, -0.15) is 0 Å². The molecule has 2 aromatic heterocycles. The monoisotopic (exact) mass is 349 g/mol. The first-order chi connectivity index (χ1) is 12.5. The number of hydrogen-bond donors (Lipinski definition) is 1. The lowest BCUT2D eigenvalue weighted by Gasteiger charge is -2.27. The molecule has 0 saturated carbocycles. The molecule has 1 atom stereocenters. The minimum atomic E-state index is -0.449. The van der Waals surface area contributed by atoms with Crippen LogP contribution < -0.4 is 21.1 Å². The molecule has 0 bridgehead atoms. The van der Waals surface area contributed by atoms with Crippen LogP contribution in [-0.4, -0.2) is 36.6 Å². The van der Waals surface area contributed by atoms with Gasteiger partial charge >= 0.3 is 0 Å². The molecular formula is C20H23N5O. The normalized spacial score (nSPS) is 19.9. The van der Waals surface area contributed by atoms with Crippen molar-refractivity contribution >= 4 is 17.2 Å². The Balaban J connectivity index is 1.66. The number of anilines is 2. The van der Waals surface area contributed by atoms with Crippen LogP contribution in [0.1, 0.15) is 12.0 Å². The van der Waals surface area contributed by atoms with E-state index < -0.39 is 5.54 Å². The zero-order valence-corrected chi connectivity index (χ0v) is 15.1. The van der Waals surface area contributed by atoms with Gasteiger partial charge in [0, 0.05) is 45.1 Å². The van der Waals surface area contributed by atoms with Crippen LogP contribution in [-0.2, 0) is 5.54 Å². The highest BCUT2D eigenvalue weighted by Gasteiger charge is 2.37. The van der Waals surface area contributed by atoms with Crippen molar-refractivity contribution in [3.8, 4) is 0 Å². The number of nitrogens with two attached hydrogens (primary N) is 1. The maximum absolute atomic E-state index is 12.4. The standard InChI is InChI=1S/C20H23N5O/c1-23(2)16-7-5-6-15(12-16)20(21)9-11-24(14-20)18-13-19(26)25-10-4-3-8-17(25)22-18/h3-8,10,12-13H,9,11,14,21H2,1-2H3. The molecule has 6 nitrogen and oxygen atoms in total. The summed E-state index contributed by atoms with van der Waals surface area (Å²) >= 11 is 0. The van der Waals surface area contributed by atoms with E-state index in [-0.39, 0.29) is 5.56 Å². The van der Waals surface area contributed by atoms with Crippen molar-refractivity contribution in [2.24, 2.45) is 5.73 Å². The first-order valence-corrected chi connectivity index (χ1v) is 8.76. The third-order valence-corrected chi connectivity index (χ3v) is 5.12. The molecule has 0 spiro atoms. The number of hydrogen-bond acceptors (Lipinski definition) is 5. The summed E-state index contributed by atoms with van der Waals surface area (Å²) in [7, 11) is 4.05. The summed E-state index contributed by atoms with van der Waals surface area (Å²) in [5.74, 6) is 0.692. The molecule has 1 aliphatic heterocycles. The lowest BCUT2D eigenvalue weighted by molar-refractivity contribution is 0.499. The van der Waals surface area contributed by atoms with Gasteiger partial charge in [0.25, 0.3) is 5.56 Å². The van der Waals surface area contributed by atoms with Crippen LogP contribution in [0.25, 0.3) is 5.65 Å². The molecule has 1 saturated heterocycles. The summed E-state index contributed by atoms with van der Waals surface area (Å²) < 4.78 is 1.55. The minimum Gasteiger partial charge on any atom is -0.378 e. The van der Waals surface area contributed by atoms with E-state index in [9.17, 15) is 4.79 Å². The average molecular weight is 349 g/mol. The lowest BCUT2D eigenvalue weighted by Crippen LogP contribution is -2.40. The fourth-order valence-electron chi connectivity index (χ4n) is 3.56. The van der Waals surface area contributed by atoms with Crippen molar-refractivity contribution in [3.63, 3.8) is 0 Å². The number of aromatic nitrogens is 2. The van der Waals surface area contributed by atoms with Crippen LogP contribution in [0.15, 0.2) is 59.5 Å². The van der Waals surface area contributed by atoms with E-state index in [1.54, 1.807) is 16.7 Å². The molecule has 3 heterocycles. The second-order valence-corrected chi connectivity index (χ2v) is 7.15. The Kier molecular flexibility index (Phi) is 3.92. The predicted octanol–water partition coefficient (Wildman–Crippen LogP) is 1.82. The molecule has 26 heavy (non-hydrogen) atoms. The van der Waals surface area contributed by atoms with Crippen LogP contribution in [0, 0.1) is 0 Å². The maximum atomic E-state index is 12.4. The van der Waals surface area contributed by atoms with Crippen LogP contribution in [0.5, 0.6) is 0 Å². The molecule has 134 valence electrons. The maximum Gasteiger partial charge on any atom is 0.259 e. The van der Waals surface area contributed by atoms with E-state index in [0.29, 0.717) is 18.0 Å². The average Bonchev–Trinajstić information content (AvgIpc) is 3.05. The molecule has 2 N–H and O–H groups in total. The van der Waals surface area contributed by atoms with Gasteiger partial charge in [0.2, 0.25) is 0 Å². The van der Waals surface area contributed by atoms with Gasteiger partial charge in [-0.3, -0.25) is 9.20 Å². The van der Waals surface area contributed by atoms with E-state index in [0.717, 1.165) is 24.2 Å². The first-order valence-electron chi connectivity index (χ1n) is 8.76. The Morgan fingerprint density at radius 2 is 2.00 bits per heavy atom. The fourth-order valence-corrected chi connectivity index (χ4v) is 3.56. The molecular weight excluding hydrogens is 326 g/mol. The molecule has 1 aliphatic rings. The quantitative estimate of drug-likeness (QED) is 0.781. The minimum absolute atomic E-state index is 0.0743. The van der Waals surface area contributed by atoms with Crippen molar-refractivity contribution in [2.75, 3.05) is 37.0 Å². The second kappa shape index (κ2) is 6.14. The number of fused-ring (bicyclic) bond motifs is 1. The highest BCUT2D eigenvalue weighted by atomic mass is 16.1. The van der Waals surface area contributed by atoms with E-state index in [1.165, 1.54) is 0 Å². The summed E-state index contributed by atoms with van der Waals surface area (Å²) in [5, 5.41) is 0. The molecule has 0 aliphatic carbocycles. The number of rotatable bonds is 3. The van der Waals surface area contributed by atoms with Gasteiger partial charge in [0.15, 0.2) is 0 Å². The molecule has 0 radical (unpaired) electrons. The molecule has 1 aromatic carbocycles. The molecule has 0 amide bonds. The first kappa shape index (κ1) is 16.6. The van der Waals surface area contributed by atoms with Crippen molar-refractivity contribution in [1.82, 2.24) is 9.38 Å².